The van der Waals surface area contributed by atoms with Crippen LogP contribution in [0.15, 0.2) is 48.5 Å². The van der Waals surface area contributed by atoms with E-state index in [1.807, 2.05) is 25.1 Å². The number of benzene rings is 2. The number of anilines is 2. The molecule has 1 atom stereocenters. The molecule has 3 rings (SSSR count). The van der Waals surface area contributed by atoms with Crippen molar-refractivity contribution < 1.29 is 14.0 Å². The highest BCUT2D eigenvalue weighted by Crippen LogP contribution is 2.22. The first kappa shape index (κ1) is 17.0. The van der Waals surface area contributed by atoms with Crippen LogP contribution in [0.2, 0.25) is 0 Å². The van der Waals surface area contributed by atoms with Gasteiger partial charge in [-0.3, -0.25) is 4.79 Å². The minimum absolute atomic E-state index is 0.191. The van der Waals surface area contributed by atoms with Crippen molar-refractivity contribution in [2.45, 2.75) is 25.8 Å². The molecule has 130 valence electrons. The Morgan fingerprint density at radius 3 is 2.72 bits per heavy atom. The quantitative estimate of drug-likeness (QED) is 0.896. The van der Waals surface area contributed by atoms with Crippen LogP contribution in [0.3, 0.4) is 0 Å². The number of hydrogen-bond acceptors (Lipinski definition) is 2. The van der Waals surface area contributed by atoms with E-state index in [2.05, 4.69) is 10.6 Å². The lowest BCUT2D eigenvalue weighted by atomic mass is 10.1. The summed E-state index contributed by atoms with van der Waals surface area (Å²) < 4.78 is 13.0. The van der Waals surface area contributed by atoms with Gasteiger partial charge in [-0.25, -0.2) is 9.18 Å². The summed E-state index contributed by atoms with van der Waals surface area (Å²) in [7, 11) is 0. The maximum atomic E-state index is 13.0. The Hall–Kier alpha value is -2.89. The van der Waals surface area contributed by atoms with Crippen molar-refractivity contribution >= 4 is 23.3 Å². The third kappa shape index (κ3) is 3.96. The van der Waals surface area contributed by atoms with Gasteiger partial charge in [-0.2, -0.15) is 0 Å². The summed E-state index contributed by atoms with van der Waals surface area (Å²) in [4.78, 5) is 26.2. The lowest BCUT2D eigenvalue weighted by Crippen LogP contribution is -2.43. The van der Waals surface area contributed by atoms with Gasteiger partial charge in [0, 0.05) is 17.9 Å². The van der Waals surface area contributed by atoms with E-state index in [1.54, 1.807) is 23.1 Å². The SMILES string of the molecule is CCc1cccc(NC(=O)N[C@@H]2CCN(c3ccc(F)cc3)C2=O)c1. The summed E-state index contributed by atoms with van der Waals surface area (Å²) in [6.07, 6.45) is 1.39. The number of nitrogens with one attached hydrogen (secondary N) is 2. The Morgan fingerprint density at radius 2 is 2.00 bits per heavy atom. The van der Waals surface area contributed by atoms with Gasteiger partial charge < -0.3 is 15.5 Å². The second kappa shape index (κ2) is 7.34. The minimum atomic E-state index is -0.584. The molecule has 5 nitrogen and oxygen atoms in total. The molecule has 3 amide bonds. The van der Waals surface area contributed by atoms with Crippen molar-refractivity contribution in [3.8, 4) is 0 Å². The fourth-order valence-electron chi connectivity index (χ4n) is 2.89. The highest BCUT2D eigenvalue weighted by molar-refractivity contribution is 6.02. The maximum absolute atomic E-state index is 13.0. The third-order valence-corrected chi connectivity index (χ3v) is 4.24. The Kier molecular flexibility index (Phi) is 4.97. The number of nitrogens with zero attached hydrogens (tertiary/aromatic N) is 1. The number of carbonyl (C=O) groups excluding carboxylic acids is 2. The van der Waals surface area contributed by atoms with Gasteiger partial charge in [0.15, 0.2) is 0 Å². The Morgan fingerprint density at radius 1 is 1.24 bits per heavy atom. The van der Waals surface area contributed by atoms with E-state index in [0.717, 1.165) is 12.0 Å². The topological polar surface area (TPSA) is 61.4 Å². The third-order valence-electron chi connectivity index (χ3n) is 4.24. The number of aryl methyl sites for hydroxylation is 1. The van der Waals surface area contributed by atoms with Gasteiger partial charge in [0.25, 0.3) is 0 Å². The number of amides is 3. The van der Waals surface area contributed by atoms with Crippen LogP contribution in [0.1, 0.15) is 18.9 Å². The fourth-order valence-corrected chi connectivity index (χ4v) is 2.89. The molecular weight excluding hydrogens is 321 g/mol. The van der Waals surface area contributed by atoms with Crippen LogP contribution in [0.25, 0.3) is 0 Å². The van der Waals surface area contributed by atoms with Crippen molar-refractivity contribution in [3.63, 3.8) is 0 Å². The van der Waals surface area contributed by atoms with Crippen molar-refractivity contribution in [2.24, 2.45) is 0 Å². The zero-order chi connectivity index (χ0) is 17.8. The van der Waals surface area contributed by atoms with Crippen LogP contribution in [-0.2, 0) is 11.2 Å². The minimum Gasteiger partial charge on any atom is -0.326 e. The molecule has 1 aliphatic rings. The summed E-state index contributed by atoms with van der Waals surface area (Å²) in [6, 6.07) is 12.3. The number of rotatable bonds is 4. The van der Waals surface area contributed by atoms with E-state index in [-0.39, 0.29) is 11.7 Å². The van der Waals surface area contributed by atoms with Gasteiger partial charge in [-0.05, 0) is 54.8 Å². The molecule has 0 unspecified atom stereocenters. The van der Waals surface area contributed by atoms with E-state index in [4.69, 9.17) is 0 Å². The molecule has 0 spiro atoms. The normalized spacial score (nSPS) is 16.8. The monoisotopic (exact) mass is 341 g/mol. The van der Waals surface area contributed by atoms with Crippen LogP contribution >= 0.6 is 0 Å². The predicted octanol–water partition coefficient (Wildman–Crippen LogP) is 3.32. The second-order valence-corrected chi connectivity index (χ2v) is 5.96. The van der Waals surface area contributed by atoms with E-state index >= 15 is 0 Å². The fraction of sp³-hybridized carbons (Fsp3) is 0.263. The first-order valence-corrected chi connectivity index (χ1v) is 8.30. The van der Waals surface area contributed by atoms with Crippen molar-refractivity contribution in [1.29, 1.82) is 0 Å². The molecule has 25 heavy (non-hydrogen) atoms. The second-order valence-electron chi connectivity index (χ2n) is 5.96. The molecule has 0 radical (unpaired) electrons. The molecule has 0 aromatic heterocycles. The molecule has 6 heteroatoms. The molecule has 2 N–H and O–H groups in total. The largest absolute Gasteiger partial charge is 0.326 e. The zero-order valence-electron chi connectivity index (χ0n) is 14.0. The summed E-state index contributed by atoms with van der Waals surface area (Å²) >= 11 is 0. The van der Waals surface area contributed by atoms with Gasteiger partial charge in [0.2, 0.25) is 5.91 Å². The van der Waals surface area contributed by atoms with Crippen molar-refractivity contribution in [1.82, 2.24) is 5.32 Å². The van der Waals surface area contributed by atoms with Crippen LogP contribution in [0.4, 0.5) is 20.6 Å². The van der Waals surface area contributed by atoms with Gasteiger partial charge in [-0.1, -0.05) is 19.1 Å². The van der Waals surface area contributed by atoms with Crippen LogP contribution in [-0.4, -0.2) is 24.5 Å². The van der Waals surface area contributed by atoms with Crippen LogP contribution < -0.4 is 15.5 Å². The van der Waals surface area contributed by atoms with Gasteiger partial charge in [0.05, 0.1) is 0 Å². The van der Waals surface area contributed by atoms with E-state index in [9.17, 15) is 14.0 Å². The summed E-state index contributed by atoms with van der Waals surface area (Å²) in [6.45, 7) is 2.53. The van der Waals surface area contributed by atoms with E-state index in [1.165, 1.54) is 12.1 Å². The summed E-state index contributed by atoms with van der Waals surface area (Å²) in [5, 5.41) is 5.47. The summed E-state index contributed by atoms with van der Waals surface area (Å²) in [5.41, 5.74) is 2.45. The Balaban J connectivity index is 1.60. The molecule has 0 aliphatic carbocycles. The molecule has 1 saturated heterocycles. The Bertz CT molecular complexity index is 776. The number of hydrogen-bond donors (Lipinski definition) is 2. The standard InChI is InChI=1S/C19H20FN3O2/c1-2-13-4-3-5-15(12-13)21-19(25)22-17-10-11-23(18(17)24)16-8-6-14(20)7-9-16/h3-9,12,17H,2,10-11H2,1H3,(H2,21,22,25)/t17-/m1/s1. The van der Waals surface area contributed by atoms with E-state index in [0.29, 0.717) is 24.3 Å². The smallest absolute Gasteiger partial charge is 0.319 e. The van der Waals surface area contributed by atoms with E-state index < -0.39 is 12.1 Å². The van der Waals surface area contributed by atoms with Crippen molar-refractivity contribution in [2.75, 3.05) is 16.8 Å². The van der Waals surface area contributed by atoms with Crippen LogP contribution in [0, 0.1) is 5.82 Å². The Labute approximate surface area is 145 Å². The van der Waals surface area contributed by atoms with Gasteiger partial charge in [0.1, 0.15) is 11.9 Å². The number of urea groups is 1. The molecule has 0 saturated carbocycles. The van der Waals surface area contributed by atoms with Gasteiger partial charge >= 0.3 is 6.03 Å². The number of halogens is 1. The highest BCUT2D eigenvalue weighted by Gasteiger charge is 2.33. The molecule has 2 aromatic carbocycles. The molecule has 1 heterocycles. The first-order valence-electron chi connectivity index (χ1n) is 8.30. The molecule has 0 bridgehead atoms. The van der Waals surface area contributed by atoms with Crippen molar-refractivity contribution in [3.05, 3.63) is 59.9 Å². The zero-order valence-corrected chi connectivity index (χ0v) is 14.0. The lowest BCUT2D eigenvalue weighted by Gasteiger charge is -2.17. The molecule has 2 aromatic rings. The molecular formula is C19H20FN3O2. The molecule has 1 fully saturated rings. The molecule has 1 aliphatic heterocycles. The lowest BCUT2D eigenvalue weighted by molar-refractivity contribution is -0.118. The number of carbonyl (C=O) groups is 2. The first-order chi connectivity index (χ1) is 12.1. The average Bonchev–Trinajstić information content (AvgIpc) is 2.96. The van der Waals surface area contributed by atoms with Gasteiger partial charge in [-0.15, -0.1) is 0 Å². The predicted molar refractivity (Wildman–Crippen MR) is 95.1 cm³/mol. The maximum Gasteiger partial charge on any atom is 0.319 e. The highest BCUT2D eigenvalue weighted by atomic mass is 19.1. The van der Waals surface area contributed by atoms with Crippen LogP contribution in [0.5, 0.6) is 0 Å². The average molecular weight is 341 g/mol. The summed E-state index contributed by atoms with van der Waals surface area (Å²) in [5.74, 6) is -0.539.